The van der Waals surface area contributed by atoms with Gasteiger partial charge in [0.15, 0.2) is 5.78 Å². The molecule has 0 radical (unpaired) electrons. The van der Waals surface area contributed by atoms with E-state index in [0.29, 0.717) is 31.8 Å². The fourth-order valence-corrected chi connectivity index (χ4v) is 6.77. The van der Waals surface area contributed by atoms with Gasteiger partial charge in [-0.15, -0.1) is 11.3 Å². The molecule has 2 aliphatic rings. The van der Waals surface area contributed by atoms with Crippen LogP contribution in [0.15, 0.2) is 54.7 Å². The van der Waals surface area contributed by atoms with Crippen molar-refractivity contribution in [1.29, 1.82) is 0 Å². The van der Waals surface area contributed by atoms with Crippen LogP contribution in [0.4, 0.5) is 5.69 Å². The lowest BCUT2D eigenvalue weighted by Gasteiger charge is -2.35. The number of hydrogen-bond acceptors (Lipinski definition) is 9. The average Bonchev–Trinajstić information content (AvgIpc) is 3.52. The lowest BCUT2D eigenvalue weighted by atomic mass is 9.72. The van der Waals surface area contributed by atoms with Gasteiger partial charge in [0.05, 0.1) is 27.5 Å². The quantitative estimate of drug-likeness (QED) is 0.258. The third-order valence-electron chi connectivity index (χ3n) is 7.57. The first-order valence-corrected chi connectivity index (χ1v) is 13.0. The van der Waals surface area contributed by atoms with Crippen LogP contribution in [-0.4, -0.2) is 34.0 Å². The Balaban J connectivity index is 1.52. The molecule has 2 unspecified atom stereocenters. The van der Waals surface area contributed by atoms with Crippen molar-refractivity contribution >= 4 is 38.8 Å². The van der Waals surface area contributed by atoms with Crippen molar-refractivity contribution in [3.63, 3.8) is 0 Å². The van der Waals surface area contributed by atoms with Crippen molar-refractivity contribution in [3.05, 3.63) is 76.4 Å². The highest BCUT2D eigenvalue weighted by Crippen LogP contribution is 2.49. The molecule has 0 aliphatic heterocycles. The molecule has 10 heteroatoms. The van der Waals surface area contributed by atoms with Gasteiger partial charge < -0.3 is 28.3 Å². The lowest BCUT2D eigenvalue weighted by molar-refractivity contribution is -0.124. The third kappa shape index (κ3) is 3.56. The van der Waals surface area contributed by atoms with Crippen molar-refractivity contribution in [3.8, 4) is 11.1 Å². The zero-order chi connectivity index (χ0) is 25.9. The number of hydrogen-bond donors (Lipinski definition) is 5. The number of nitrogens with one attached hydrogen (secondary N) is 1. The molecule has 9 nitrogen and oxygen atoms in total. The number of nitrogens with zero attached hydrogens (tertiary/aromatic N) is 2. The molecule has 37 heavy (non-hydrogen) atoms. The Labute approximate surface area is 217 Å². The van der Waals surface area contributed by atoms with E-state index in [4.69, 9.17) is 22.9 Å². The summed E-state index contributed by atoms with van der Waals surface area (Å²) in [6.45, 7) is 0. The summed E-state index contributed by atoms with van der Waals surface area (Å²) >= 11 is 1.22. The van der Waals surface area contributed by atoms with Gasteiger partial charge in [-0.3, -0.25) is 9.59 Å². The Morgan fingerprint density at radius 2 is 1.86 bits per heavy atom. The zero-order valence-corrected chi connectivity index (χ0v) is 20.8. The summed E-state index contributed by atoms with van der Waals surface area (Å²) in [5.74, 6) is -0.766. The second-order valence-corrected chi connectivity index (χ2v) is 10.8. The van der Waals surface area contributed by atoms with E-state index in [9.17, 15) is 9.59 Å². The summed E-state index contributed by atoms with van der Waals surface area (Å²) in [7, 11) is 0. The minimum atomic E-state index is -1.67. The third-order valence-corrected chi connectivity index (χ3v) is 8.82. The summed E-state index contributed by atoms with van der Waals surface area (Å²) in [4.78, 5) is 27.7. The van der Waals surface area contributed by atoms with Gasteiger partial charge in [-0.05, 0) is 42.5 Å². The maximum atomic E-state index is 14.0. The lowest BCUT2D eigenvalue weighted by Crippen LogP contribution is -2.53. The van der Waals surface area contributed by atoms with Gasteiger partial charge in [-0.25, -0.2) is 0 Å². The van der Waals surface area contributed by atoms with E-state index in [1.165, 1.54) is 11.3 Å². The SMILES string of the molecule is Nc1ccc2c3c(c(C(=O)N[C@@H]4CCC[C@@H]4N)sc13)C(N)C(=O)C2(N)c1cc(-c2ccccc2)cnn1. The van der Waals surface area contributed by atoms with Crippen molar-refractivity contribution in [2.75, 3.05) is 5.73 Å². The number of carbonyl (C=O) groups excluding carboxylic acids is 2. The molecule has 1 fully saturated rings. The van der Waals surface area contributed by atoms with Gasteiger partial charge in [0, 0.05) is 34.3 Å². The highest BCUT2D eigenvalue weighted by atomic mass is 32.1. The van der Waals surface area contributed by atoms with E-state index >= 15 is 0 Å². The van der Waals surface area contributed by atoms with E-state index in [2.05, 4.69) is 15.5 Å². The number of aromatic nitrogens is 2. The first-order chi connectivity index (χ1) is 17.8. The van der Waals surface area contributed by atoms with Crippen LogP contribution < -0.4 is 28.3 Å². The van der Waals surface area contributed by atoms with Crippen molar-refractivity contribution in [2.24, 2.45) is 17.2 Å². The van der Waals surface area contributed by atoms with E-state index in [1.54, 1.807) is 24.4 Å². The van der Waals surface area contributed by atoms with E-state index in [-0.39, 0.29) is 23.7 Å². The molecule has 188 valence electrons. The predicted octanol–water partition coefficient (Wildman–Crippen LogP) is 2.33. The standard InChI is InChI=1S/C27H27N7O2S/c28-16-7-4-8-18(16)33-26(36)24-21-20-15(9-10-17(29)23(20)37-24)27(31,25(35)22(21)30)19-11-14(12-32-34-19)13-5-2-1-3-6-13/h1-3,5-6,9-12,16,18,22H,4,7-8,28-31H2,(H,33,36)/t16-,18+,22?,27?/m0/s1. The molecule has 4 atom stereocenters. The van der Waals surface area contributed by atoms with E-state index in [1.807, 2.05) is 30.3 Å². The highest BCUT2D eigenvalue weighted by Gasteiger charge is 2.50. The van der Waals surface area contributed by atoms with E-state index in [0.717, 1.165) is 30.4 Å². The molecule has 2 aromatic heterocycles. The molecule has 2 aliphatic carbocycles. The fourth-order valence-electron chi connectivity index (χ4n) is 5.56. The number of anilines is 1. The van der Waals surface area contributed by atoms with Crippen LogP contribution >= 0.6 is 11.3 Å². The average molecular weight is 514 g/mol. The molecule has 0 saturated heterocycles. The van der Waals surface area contributed by atoms with Gasteiger partial charge in [0.2, 0.25) is 0 Å². The summed E-state index contributed by atoms with van der Waals surface area (Å²) in [5, 5.41) is 12.1. The van der Waals surface area contributed by atoms with Gasteiger partial charge in [0.1, 0.15) is 5.54 Å². The normalized spacial score (nSPS) is 24.9. The zero-order valence-electron chi connectivity index (χ0n) is 20.0. The Hall–Kier alpha value is -3.70. The summed E-state index contributed by atoms with van der Waals surface area (Å²) in [5.41, 5.74) is 27.7. The summed E-state index contributed by atoms with van der Waals surface area (Å²) in [6, 6.07) is 13.5. The van der Waals surface area contributed by atoms with Crippen LogP contribution in [0.25, 0.3) is 21.2 Å². The summed E-state index contributed by atoms with van der Waals surface area (Å²) < 4.78 is 0.665. The molecule has 6 rings (SSSR count). The number of ketones is 1. The van der Waals surface area contributed by atoms with E-state index < -0.39 is 17.4 Å². The molecule has 0 spiro atoms. The molecular formula is C27H27N7O2S. The predicted molar refractivity (Wildman–Crippen MR) is 144 cm³/mol. The minimum Gasteiger partial charge on any atom is -0.398 e. The first-order valence-electron chi connectivity index (χ1n) is 12.2. The van der Waals surface area contributed by atoms with Gasteiger partial charge in [-0.2, -0.15) is 10.2 Å². The molecule has 2 heterocycles. The van der Waals surface area contributed by atoms with Crippen LogP contribution in [0.3, 0.4) is 0 Å². The molecule has 4 aromatic rings. The maximum absolute atomic E-state index is 14.0. The molecular weight excluding hydrogens is 486 g/mol. The molecule has 2 aromatic carbocycles. The summed E-state index contributed by atoms with van der Waals surface area (Å²) in [6.07, 6.45) is 4.26. The maximum Gasteiger partial charge on any atom is 0.262 e. The molecule has 1 saturated carbocycles. The number of Topliss-reactive ketones (excluding diaryl/α,β-unsaturated/α-hetero) is 1. The highest BCUT2D eigenvalue weighted by molar-refractivity contribution is 7.21. The van der Waals surface area contributed by atoms with Gasteiger partial charge in [0.25, 0.3) is 5.91 Å². The van der Waals surface area contributed by atoms with Gasteiger partial charge in [-0.1, -0.05) is 36.4 Å². The Bertz CT molecular complexity index is 1550. The van der Waals surface area contributed by atoms with Crippen LogP contribution in [0, 0.1) is 0 Å². The van der Waals surface area contributed by atoms with Gasteiger partial charge >= 0.3 is 0 Å². The van der Waals surface area contributed by atoms with Crippen molar-refractivity contribution < 1.29 is 9.59 Å². The number of rotatable bonds is 4. The smallest absolute Gasteiger partial charge is 0.262 e. The topological polar surface area (TPSA) is 176 Å². The number of carbonyl (C=O) groups is 2. The Morgan fingerprint density at radius 3 is 2.59 bits per heavy atom. The van der Waals surface area contributed by atoms with Crippen LogP contribution in [-0.2, 0) is 10.3 Å². The molecule has 0 bridgehead atoms. The van der Waals surface area contributed by atoms with Crippen LogP contribution in [0.1, 0.15) is 51.8 Å². The number of amides is 1. The molecule has 1 amide bonds. The van der Waals surface area contributed by atoms with Crippen molar-refractivity contribution in [2.45, 2.75) is 42.9 Å². The van der Waals surface area contributed by atoms with Crippen LogP contribution in [0.5, 0.6) is 0 Å². The Kier molecular flexibility index (Phi) is 5.57. The fraction of sp³-hybridized carbons (Fsp3) is 0.259. The minimum absolute atomic E-state index is 0.0993. The number of thiophene rings is 1. The second kappa shape index (κ2) is 8.70. The first kappa shape index (κ1) is 23.7. The Morgan fingerprint density at radius 1 is 1.08 bits per heavy atom. The largest absolute Gasteiger partial charge is 0.398 e. The number of benzene rings is 2. The second-order valence-electron chi connectivity index (χ2n) is 9.77. The number of nitrogens with two attached hydrogens (primary N) is 4. The monoisotopic (exact) mass is 513 g/mol. The van der Waals surface area contributed by atoms with Crippen LogP contribution in [0.2, 0.25) is 0 Å². The molecule has 9 N–H and O–H groups in total. The van der Waals surface area contributed by atoms with Crippen molar-refractivity contribution in [1.82, 2.24) is 15.5 Å². The number of nitrogen functional groups attached to an aromatic ring is 1.